The van der Waals surface area contributed by atoms with Gasteiger partial charge in [-0.15, -0.1) is 0 Å². The summed E-state index contributed by atoms with van der Waals surface area (Å²) in [5.41, 5.74) is 1.17. The zero-order chi connectivity index (χ0) is 17.0. The van der Waals surface area contributed by atoms with Gasteiger partial charge in [0.1, 0.15) is 17.2 Å². The highest BCUT2D eigenvalue weighted by Crippen LogP contribution is 2.20. The highest BCUT2D eigenvalue weighted by atomic mass is 16.5. The van der Waals surface area contributed by atoms with Crippen LogP contribution in [-0.4, -0.2) is 46.6 Å². The van der Waals surface area contributed by atoms with Crippen molar-refractivity contribution >= 4 is 5.82 Å². The maximum atomic E-state index is 5.88. The third kappa shape index (κ3) is 4.68. The first-order chi connectivity index (χ1) is 11.5. The van der Waals surface area contributed by atoms with Gasteiger partial charge in [-0.05, 0) is 38.5 Å². The molecule has 3 rings (SSSR count). The van der Waals surface area contributed by atoms with Crippen LogP contribution in [0.25, 0.3) is 0 Å². The van der Waals surface area contributed by atoms with Crippen LogP contribution in [0.5, 0.6) is 5.75 Å². The van der Waals surface area contributed by atoms with Crippen molar-refractivity contribution in [3.8, 4) is 5.75 Å². The summed E-state index contributed by atoms with van der Waals surface area (Å²) in [5, 5.41) is 0. The summed E-state index contributed by atoms with van der Waals surface area (Å²) in [7, 11) is 0. The van der Waals surface area contributed by atoms with Crippen molar-refractivity contribution in [3.05, 3.63) is 48.4 Å². The molecular formula is C19H26N4O. The van der Waals surface area contributed by atoms with E-state index in [0.29, 0.717) is 0 Å². The summed E-state index contributed by atoms with van der Waals surface area (Å²) in [4.78, 5) is 13.3. The van der Waals surface area contributed by atoms with E-state index in [1.54, 1.807) is 12.4 Å². The summed E-state index contributed by atoms with van der Waals surface area (Å²) < 4.78 is 5.88. The number of nitrogens with zero attached hydrogens (tertiary/aromatic N) is 4. The van der Waals surface area contributed by atoms with E-state index in [2.05, 4.69) is 64.8 Å². The smallest absolute Gasteiger partial charge is 0.147 e. The molecule has 0 bridgehead atoms. The first-order valence-electron chi connectivity index (χ1n) is 8.51. The minimum absolute atomic E-state index is 0.155. The van der Waals surface area contributed by atoms with Crippen molar-refractivity contribution in [1.82, 2.24) is 14.9 Å². The van der Waals surface area contributed by atoms with Crippen molar-refractivity contribution < 1.29 is 4.74 Å². The molecule has 5 heteroatoms. The number of rotatable bonds is 4. The molecule has 128 valence electrons. The number of benzene rings is 1. The zero-order valence-corrected chi connectivity index (χ0v) is 14.8. The van der Waals surface area contributed by atoms with Crippen LogP contribution in [0.15, 0.2) is 42.9 Å². The minimum atomic E-state index is -0.155. The summed E-state index contributed by atoms with van der Waals surface area (Å²) in [6, 6.07) is 8.46. The first-order valence-corrected chi connectivity index (χ1v) is 8.51. The van der Waals surface area contributed by atoms with Crippen molar-refractivity contribution in [3.63, 3.8) is 0 Å². The van der Waals surface area contributed by atoms with Crippen molar-refractivity contribution in [2.45, 2.75) is 32.9 Å². The third-order valence-electron chi connectivity index (χ3n) is 4.00. The van der Waals surface area contributed by atoms with Gasteiger partial charge in [-0.3, -0.25) is 9.88 Å². The fourth-order valence-electron chi connectivity index (χ4n) is 2.86. The molecule has 0 radical (unpaired) electrons. The normalized spacial score (nSPS) is 16.2. The van der Waals surface area contributed by atoms with Crippen LogP contribution in [0, 0.1) is 0 Å². The Morgan fingerprint density at radius 1 is 1.00 bits per heavy atom. The molecule has 0 N–H and O–H groups in total. The molecule has 2 heterocycles. The maximum Gasteiger partial charge on any atom is 0.147 e. The molecule has 5 nitrogen and oxygen atoms in total. The largest absolute Gasteiger partial charge is 0.488 e. The SMILES string of the molecule is CC(C)(C)Oc1ccc(CN2CCN(c3cnccn3)CC2)cc1. The van der Waals surface area contributed by atoms with E-state index in [4.69, 9.17) is 4.74 Å². The summed E-state index contributed by atoms with van der Waals surface area (Å²) in [6.45, 7) is 11.2. The van der Waals surface area contributed by atoms with Gasteiger partial charge >= 0.3 is 0 Å². The van der Waals surface area contributed by atoms with Crippen molar-refractivity contribution in [2.75, 3.05) is 31.1 Å². The standard InChI is InChI=1S/C19H26N4O/c1-19(2,3)24-17-6-4-16(5-7-17)15-22-10-12-23(13-11-22)18-14-20-8-9-21-18/h4-9,14H,10-13,15H2,1-3H3. The first kappa shape index (κ1) is 16.7. The second kappa shape index (κ2) is 7.18. The Kier molecular flexibility index (Phi) is 5.00. The molecule has 0 saturated carbocycles. The molecule has 0 unspecified atom stereocenters. The monoisotopic (exact) mass is 326 g/mol. The van der Waals surface area contributed by atoms with Gasteiger partial charge in [0.2, 0.25) is 0 Å². The quantitative estimate of drug-likeness (QED) is 0.864. The van der Waals surface area contributed by atoms with E-state index in [1.165, 1.54) is 5.56 Å². The molecular weight excluding hydrogens is 300 g/mol. The molecule has 24 heavy (non-hydrogen) atoms. The van der Waals surface area contributed by atoms with Crippen LogP contribution < -0.4 is 9.64 Å². The molecule has 1 fully saturated rings. The van der Waals surface area contributed by atoms with Gasteiger partial charge in [0.05, 0.1) is 6.20 Å². The Balaban J connectivity index is 1.51. The lowest BCUT2D eigenvalue weighted by atomic mass is 10.1. The van der Waals surface area contributed by atoms with E-state index in [1.807, 2.05) is 6.20 Å². The predicted molar refractivity (Wildman–Crippen MR) is 96.3 cm³/mol. The Labute approximate surface area is 144 Å². The molecule has 0 amide bonds. The second-order valence-electron chi connectivity index (χ2n) is 7.19. The van der Waals surface area contributed by atoms with E-state index >= 15 is 0 Å². The van der Waals surface area contributed by atoms with E-state index < -0.39 is 0 Å². The number of hydrogen-bond donors (Lipinski definition) is 0. The van der Waals surface area contributed by atoms with Crippen LogP contribution in [-0.2, 0) is 6.54 Å². The average Bonchev–Trinajstić information content (AvgIpc) is 2.57. The number of piperazine rings is 1. The Morgan fingerprint density at radius 3 is 2.29 bits per heavy atom. The van der Waals surface area contributed by atoms with Gasteiger partial charge in [-0.25, -0.2) is 4.98 Å². The lowest BCUT2D eigenvalue weighted by Crippen LogP contribution is -2.46. The fraction of sp³-hybridized carbons (Fsp3) is 0.474. The van der Waals surface area contributed by atoms with E-state index in [0.717, 1.165) is 44.3 Å². The van der Waals surface area contributed by atoms with E-state index in [9.17, 15) is 0 Å². The number of ether oxygens (including phenoxy) is 1. The van der Waals surface area contributed by atoms with Gasteiger partial charge in [0, 0.05) is 45.1 Å². The minimum Gasteiger partial charge on any atom is -0.488 e. The van der Waals surface area contributed by atoms with Gasteiger partial charge in [0.15, 0.2) is 0 Å². The van der Waals surface area contributed by atoms with Gasteiger partial charge in [-0.1, -0.05) is 12.1 Å². The highest BCUT2D eigenvalue weighted by Gasteiger charge is 2.18. The predicted octanol–water partition coefficient (Wildman–Crippen LogP) is 2.98. The van der Waals surface area contributed by atoms with Crippen LogP contribution >= 0.6 is 0 Å². The van der Waals surface area contributed by atoms with Crippen molar-refractivity contribution in [2.24, 2.45) is 0 Å². The molecule has 0 atom stereocenters. The van der Waals surface area contributed by atoms with Crippen LogP contribution in [0.4, 0.5) is 5.82 Å². The van der Waals surface area contributed by atoms with Crippen LogP contribution in [0.1, 0.15) is 26.3 Å². The average molecular weight is 326 g/mol. The fourth-order valence-corrected chi connectivity index (χ4v) is 2.86. The Morgan fingerprint density at radius 2 is 1.71 bits per heavy atom. The van der Waals surface area contributed by atoms with Crippen LogP contribution in [0.2, 0.25) is 0 Å². The number of hydrogen-bond acceptors (Lipinski definition) is 5. The molecule has 0 aliphatic carbocycles. The third-order valence-corrected chi connectivity index (χ3v) is 4.00. The maximum absolute atomic E-state index is 5.88. The highest BCUT2D eigenvalue weighted by molar-refractivity contribution is 5.35. The zero-order valence-electron chi connectivity index (χ0n) is 14.8. The van der Waals surface area contributed by atoms with E-state index in [-0.39, 0.29) is 5.60 Å². The molecule has 1 saturated heterocycles. The molecule has 2 aromatic rings. The molecule has 1 aliphatic heterocycles. The topological polar surface area (TPSA) is 41.5 Å². The van der Waals surface area contributed by atoms with Gasteiger partial charge in [0.25, 0.3) is 0 Å². The van der Waals surface area contributed by atoms with Crippen LogP contribution in [0.3, 0.4) is 0 Å². The Bertz CT molecular complexity index is 629. The lowest BCUT2D eigenvalue weighted by Gasteiger charge is -2.35. The second-order valence-corrected chi connectivity index (χ2v) is 7.19. The van der Waals surface area contributed by atoms with Gasteiger partial charge in [-0.2, -0.15) is 0 Å². The summed E-state index contributed by atoms with van der Waals surface area (Å²) in [6.07, 6.45) is 5.30. The van der Waals surface area contributed by atoms with Crippen molar-refractivity contribution in [1.29, 1.82) is 0 Å². The number of aromatic nitrogens is 2. The summed E-state index contributed by atoms with van der Waals surface area (Å²) in [5.74, 6) is 1.90. The number of anilines is 1. The lowest BCUT2D eigenvalue weighted by molar-refractivity contribution is 0.131. The molecule has 1 aliphatic rings. The molecule has 0 spiro atoms. The molecule has 1 aromatic heterocycles. The summed E-state index contributed by atoms with van der Waals surface area (Å²) >= 11 is 0. The van der Waals surface area contributed by atoms with Gasteiger partial charge < -0.3 is 9.64 Å². The Hall–Kier alpha value is -2.14. The molecule has 1 aromatic carbocycles.